The number of hydrazine groups is 1. The van der Waals surface area contributed by atoms with Crippen LogP contribution in [0, 0.1) is 0 Å². The monoisotopic (exact) mass is 278 g/mol. The third-order valence-electron chi connectivity index (χ3n) is 2.35. The number of hydroxylamine groups is 1. The first kappa shape index (κ1) is 14.0. The fourth-order valence-electron chi connectivity index (χ4n) is 1.67. The zero-order valence-electron chi connectivity index (χ0n) is 11.3. The van der Waals surface area contributed by atoms with Crippen molar-refractivity contribution >= 4 is 27.8 Å². The number of fused-ring (bicyclic) bond motifs is 1. The van der Waals surface area contributed by atoms with E-state index >= 15 is 0 Å². The molecule has 0 aliphatic rings. The molecule has 4 nitrogen and oxygen atoms in total. The van der Waals surface area contributed by atoms with Gasteiger partial charge in [0.25, 0.3) is 0 Å². The lowest BCUT2D eigenvalue weighted by atomic mass is 10.2. The van der Waals surface area contributed by atoms with Gasteiger partial charge in [0, 0.05) is 9.58 Å². The van der Waals surface area contributed by atoms with Crippen molar-refractivity contribution in [3.63, 3.8) is 0 Å². The minimum atomic E-state index is -0.409. The van der Waals surface area contributed by atoms with Crippen molar-refractivity contribution in [3.8, 4) is 0 Å². The molecule has 1 heterocycles. The number of nitrogens with one attached hydrogen (secondary N) is 1. The molecule has 2 rings (SSSR count). The number of nitrogens with zero attached hydrogens (tertiary/aromatic N) is 1. The summed E-state index contributed by atoms with van der Waals surface area (Å²) in [6.45, 7) is 6.24. The molecule has 0 bridgehead atoms. The highest BCUT2D eigenvalue weighted by Gasteiger charge is 2.16. The van der Waals surface area contributed by atoms with E-state index in [1.807, 2.05) is 32.9 Å². The number of carbonyl (C=O) groups excluding carboxylic acids is 1. The normalized spacial score (nSPS) is 11.7. The van der Waals surface area contributed by atoms with E-state index in [0.29, 0.717) is 13.0 Å². The van der Waals surface area contributed by atoms with E-state index in [9.17, 15) is 4.79 Å². The van der Waals surface area contributed by atoms with Crippen LogP contribution in [0.2, 0.25) is 0 Å². The van der Waals surface area contributed by atoms with Gasteiger partial charge in [-0.3, -0.25) is 4.79 Å². The Balaban J connectivity index is 1.99. The summed E-state index contributed by atoms with van der Waals surface area (Å²) in [6.07, 6.45) is 0.637. The molecule has 0 aliphatic heterocycles. The highest BCUT2D eigenvalue weighted by atomic mass is 32.1. The molecule has 102 valence electrons. The quantitative estimate of drug-likeness (QED) is 0.675. The van der Waals surface area contributed by atoms with Gasteiger partial charge in [-0.2, -0.15) is 5.17 Å². The zero-order valence-corrected chi connectivity index (χ0v) is 12.2. The molecule has 1 amide bonds. The minimum absolute atomic E-state index is 0.409. The molecule has 1 aromatic carbocycles. The molecular formula is C14H18N2O2S. The fourth-order valence-corrected chi connectivity index (χ4v) is 2.66. The van der Waals surface area contributed by atoms with Gasteiger partial charge in [-0.25, -0.2) is 10.3 Å². The van der Waals surface area contributed by atoms with Crippen molar-refractivity contribution in [1.29, 1.82) is 0 Å². The Morgan fingerprint density at radius 1 is 1.37 bits per heavy atom. The third kappa shape index (κ3) is 4.02. The van der Waals surface area contributed by atoms with E-state index in [-0.39, 0.29) is 0 Å². The van der Waals surface area contributed by atoms with Gasteiger partial charge in [-0.05, 0) is 38.3 Å². The standard InChI is InChI=1S/C14H18N2O2S/c1-14(2,3)18-16(10-17)15-9-12-8-11-6-4-5-7-13(11)19-12/h4-8,10,15H,9H2,1-3H3. The molecule has 19 heavy (non-hydrogen) atoms. The van der Waals surface area contributed by atoms with Crippen LogP contribution in [0.5, 0.6) is 0 Å². The van der Waals surface area contributed by atoms with Crippen LogP contribution in [0.25, 0.3) is 10.1 Å². The van der Waals surface area contributed by atoms with Gasteiger partial charge in [0.15, 0.2) is 0 Å². The van der Waals surface area contributed by atoms with Crippen LogP contribution < -0.4 is 5.43 Å². The predicted octanol–water partition coefficient (Wildman–Crippen LogP) is 3.09. The SMILES string of the molecule is CC(C)(C)ON(C=O)NCc1cc2ccccc2s1. The van der Waals surface area contributed by atoms with E-state index < -0.39 is 5.60 Å². The van der Waals surface area contributed by atoms with Crippen LogP contribution in [0.15, 0.2) is 30.3 Å². The predicted molar refractivity (Wildman–Crippen MR) is 77.4 cm³/mol. The largest absolute Gasteiger partial charge is 0.275 e. The van der Waals surface area contributed by atoms with Crippen molar-refractivity contribution in [2.24, 2.45) is 0 Å². The number of benzene rings is 1. The average Bonchev–Trinajstić information content (AvgIpc) is 2.75. The van der Waals surface area contributed by atoms with Gasteiger partial charge in [-0.1, -0.05) is 18.2 Å². The summed E-state index contributed by atoms with van der Waals surface area (Å²) in [7, 11) is 0. The molecule has 0 spiro atoms. The maximum atomic E-state index is 10.9. The summed E-state index contributed by atoms with van der Waals surface area (Å²) in [5.74, 6) is 0. The highest BCUT2D eigenvalue weighted by Crippen LogP contribution is 2.25. The highest BCUT2D eigenvalue weighted by molar-refractivity contribution is 7.19. The number of hydrogen-bond acceptors (Lipinski definition) is 4. The Labute approximate surface area is 116 Å². The Morgan fingerprint density at radius 2 is 2.11 bits per heavy atom. The molecule has 0 unspecified atom stereocenters. The lowest BCUT2D eigenvalue weighted by Gasteiger charge is -2.26. The Hall–Kier alpha value is -1.43. The summed E-state index contributed by atoms with van der Waals surface area (Å²) in [5, 5.41) is 2.35. The number of carbonyl (C=O) groups is 1. The molecule has 0 aliphatic carbocycles. The van der Waals surface area contributed by atoms with Gasteiger partial charge in [0.1, 0.15) is 0 Å². The molecule has 0 saturated heterocycles. The first-order valence-corrected chi connectivity index (χ1v) is 6.94. The average molecular weight is 278 g/mol. The summed E-state index contributed by atoms with van der Waals surface area (Å²) >= 11 is 1.71. The van der Waals surface area contributed by atoms with Crippen LogP contribution in [-0.2, 0) is 16.2 Å². The first-order chi connectivity index (χ1) is 8.98. The number of thiophene rings is 1. The molecule has 1 aromatic heterocycles. The van der Waals surface area contributed by atoms with E-state index in [0.717, 1.165) is 10.0 Å². The molecule has 2 aromatic rings. The molecule has 0 atom stereocenters. The van der Waals surface area contributed by atoms with Crippen LogP contribution in [0.3, 0.4) is 0 Å². The number of rotatable bonds is 5. The molecular weight excluding hydrogens is 260 g/mol. The van der Waals surface area contributed by atoms with Crippen molar-refractivity contribution < 1.29 is 9.63 Å². The number of hydrogen-bond donors (Lipinski definition) is 1. The van der Waals surface area contributed by atoms with E-state index in [1.165, 1.54) is 10.1 Å². The second-order valence-corrected chi connectivity index (χ2v) is 6.39. The summed E-state index contributed by atoms with van der Waals surface area (Å²) < 4.78 is 1.24. The van der Waals surface area contributed by atoms with Crippen LogP contribution in [-0.4, -0.2) is 17.2 Å². The first-order valence-electron chi connectivity index (χ1n) is 6.12. The van der Waals surface area contributed by atoms with Crippen LogP contribution >= 0.6 is 11.3 Å². The zero-order chi connectivity index (χ0) is 13.9. The lowest BCUT2D eigenvalue weighted by molar-refractivity contribution is -0.239. The maximum absolute atomic E-state index is 10.9. The lowest BCUT2D eigenvalue weighted by Crippen LogP contribution is -2.41. The smallest absolute Gasteiger partial charge is 0.249 e. The molecule has 5 heteroatoms. The van der Waals surface area contributed by atoms with Gasteiger partial charge in [0.05, 0.1) is 12.1 Å². The summed E-state index contributed by atoms with van der Waals surface area (Å²) in [4.78, 5) is 17.5. The minimum Gasteiger partial charge on any atom is -0.275 e. The van der Waals surface area contributed by atoms with Gasteiger partial charge in [0.2, 0.25) is 6.41 Å². The van der Waals surface area contributed by atoms with Crippen LogP contribution in [0.1, 0.15) is 25.6 Å². The summed E-state index contributed by atoms with van der Waals surface area (Å²) in [6, 6.07) is 10.3. The second-order valence-electron chi connectivity index (χ2n) is 5.22. The summed E-state index contributed by atoms with van der Waals surface area (Å²) in [5.41, 5.74) is 2.55. The van der Waals surface area contributed by atoms with Gasteiger partial charge >= 0.3 is 0 Å². The molecule has 0 fully saturated rings. The van der Waals surface area contributed by atoms with E-state index in [1.54, 1.807) is 11.3 Å². The van der Waals surface area contributed by atoms with Crippen molar-refractivity contribution in [2.45, 2.75) is 32.9 Å². The van der Waals surface area contributed by atoms with Crippen LogP contribution in [0.4, 0.5) is 0 Å². The molecule has 1 N–H and O–H groups in total. The second kappa shape index (κ2) is 5.69. The van der Waals surface area contributed by atoms with E-state index in [2.05, 4.69) is 23.6 Å². The van der Waals surface area contributed by atoms with Crippen molar-refractivity contribution in [1.82, 2.24) is 10.6 Å². The Bertz CT molecular complexity index is 527. The third-order valence-corrected chi connectivity index (χ3v) is 3.47. The Kier molecular flexibility index (Phi) is 4.19. The maximum Gasteiger partial charge on any atom is 0.249 e. The Morgan fingerprint density at radius 3 is 2.74 bits per heavy atom. The van der Waals surface area contributed by atoms with Crippen molar-refractivity contribution in [3.05, 3.63) is 35.2 Å². The molecule has 0 saturated carbocycles. The van der Waals surface area contributed by atoms with Gasteiger partial charge < -0.3 is 0 Å². The number of amides is 1. The molecule has 0 radical (unpaired) electrons. The van der Waals surface area contributed by atoms with Crippen molar-refractivity contribution in [2.75, 3.05) is 0 Å². The van der Waals surface area contributed by atoms with E-state index in [4.69, 9.17) is 4.84 Å². The fraction of sp³-hybridized carbons (Fsp3) is 0.357. The topological polar surface area (TPSA) is 41.6 Å². The van der Waals surface area contributed by atoms with Gasteiger partial charge in [-0.15, -0.1) is 11.3 Å².